The highest BCUT2D eigenvalue weighted by molar-refractivity contribution is 7.92. The smallest absolute Gasteiger partial charge is 0.261 e. The van der Waals surface area contributed by atoms with Crippen molar-refractivity contribution in [1.82, 2.24) is 14.9 Å². The van der Waals surface area contributed by atoms with E-state index in [1.54, 1.807) is 54.3 Å². The lowest BCUT2D eigenvalue weighted by molar-refractivity contribution is 0.0941. The van der Waals surface area contributed by atoms with E-state index in [4.69, 9.17) is 0 Å². The minimum absolute atomic E-state index is 0.0445. The number of imidazole rings is 1. The van der Waals surface area contributed by atoms with Crippen LogP contribution in [0.25, 0.3) is 0 Å². The number of hydrogen-bond donors (Lipinski definition) is 2. The van der Waals surface area contributed by atoms with Crippen molar-refractivity contribution < 1.29 is 17.6 Å². The Morgan fingerprint density at radius 3 is 2.44 bits per heavy atom. The first-order chi connectivity index (χ1) is 16.2. The fraction of sp³-hybridized carbons (Fsp3) is 0.120. The summed E-state index contributed by atoms with van der Waals surface area (Å²) in [6.45, 7) is 1.86. The third-order valence-corrected chi connectivity index (χ3v) is 6.65. The minimum Gasteiger partial charge on any atom is -0.338 e. The molecule has 0 aliphatic carbocycles. The lowest BCUT2D eigenvalue weighted by atomic mass is 10.1. The quantitative estimate of drug-likeness (QED) is 0.417. The van der Waals surface area contributed by atoms with E-state index in [1.165, 1.54) is 36.4 Å². The highest BCUT2D eigenvalue weighted by atomic mass is 32.2. The lowest BCUT2D eigenvalue weighted by Gasteiger charge is -2.19. The summed E-state index contributed by atoms with van der Waals surface area (Å²) in [4.78, 5) is 17.4. The van der Waals surface area contributed by atoms with Crippen LogP contribution in [0.3, 0.4) is 0 Å². The molecule has 1 amide bonds. The summed E-state index contributed by atoms with van der Waals surface area (Å²) >= 11 is 0. The van der Waals surface area contributed by atoms with E-state index in [2.05, 4.69) is 15.0 Å². The van der Waals surface area contributed by atoms with Gasteiger partial charge in [0.25, 0.3) is 15.9 Å². The van der Waals surface area contributed by atoms with Crippen LogP contribution in [0.15, 0.2) is 90.1 Å². The number of amides is 1. The topological polar surface area (TPSA) is 93.1 Å². The first-order valence-corrected chi connectivity index (χ1v) is 11.9. The predicted octanol–water partition coefficient (Wildman–Crippen LogP) is 4.19. The van der Waals surface area contributed by atoms with Crippen molar-refractivity contribution in [3.63, 3.8) is 0 Å². The fourth-order valence-electron chi connectivity index (χ4n) is 3.55. The van der Waals surface area contributed by atoms with Gasteiger partial charge in [-0.2, -0.15) is 0 Å². The number of anilines is 1. The third kappa shape index (κ3) is 5.15. The van der Waals surface area contributed by atoms with Gasteiger partial charge in [0.05, 0.1) is 4.90 Å². The average Bonchev–Trinajstić information content (AvgIpc) is 3.23. The Bertz CT molecular complexity index is 1430. The molecular weight excluding hydrogens is 455 g/mol. The van der Waals surface area contributed by atoms with Gasteiger partial charge in [0.2, 0.25) is 0 Å². The van der Waals surface area contributed by atoms with Crippen LogP contribution < -0.4 is 10.0 Å². The van der Waals surface area contributed by atoms with Crippen molar-refractivity contribution >= 4 is 21.6 Å². The second-order valence-electron chi connectivity index (χ2n) is 7.86. The van der Waals surface area contributed by atoms with Crippen molar-refractivity contribution in [3.05, 3.63) is 114 Å². The van der Waals surface area contributed by atoms with E-state index in [0.29, 0.717) is 17.1 Å². The molecule has 4 rings (SSSR count). The van der Waals surface area contributed by atoms with Crippen LogP contribution in [-0.2, 0) is 17.1 Å². The Kier molecular flexibility index (Phi) is 6.47. The molecule has 9 heteroatoms. The van der Waals surface area contributed by atoms with Crippen molar-refractivity contribution in [1.29, 1.82) is 0 Å². The number of nitrogens with zero attached hydrogens (tertiary/aromatic N) is 2. The molecule has 0 saturated heterocycles. The molecule has 2 N–H and O–H groups in total. The van der Waals surface area contributed by atoms with E-state index < -0.39 is 27.8 Å². The molecule has 0 fully saturated rings. The van der Waals surface area contributed by atoms with Gasteiger partial charge in [0.15, 0.2) is 0 Å². The van der Waals surface area contributed by atoms with E-state index in [9.17, 15) is 17.6 Å². The second-order valence-corrected chi connectivity index (χ2v) is 9.54. The average molecular weight is 479 g/mol. The zero-order valence-electron chi connectivity index (χ0n) is 18.6. The standard InChI is InChI=1S/C25H23FN4O3S/c1-17-5-3-7-21(15-17)29-34(32,33)22-8-4-6-19(16-22)25(31)28-23(24-27-13-14-30(24)2)18-9-11-20(26)12-10-18/h3-16,23,29H,1-2H3,(H,28,31). The molecule has 0 aliphatic rings. The maximum atomic E-state index is 13.5. The van der Waals surface area contributed by atoms with Crippen LogP contribution in [0.4, 0.5) is 10.1 Å². The molecule has 1 aromatic heterocycles. The van der Waals surface area contributed by atoms with Gasteiger partial charge in [-0.1, -0.05) is 30.3 Å². The Labute approximate surface area is 197 Å². The number of rotatable bonds is 7. The van der Waals surface area contributed by atoms with Crippen LogP contribution in [0.2, 0.25) is 0 Å². The summed E-state index contributed by atoms with van der Waals surface area (Å²) in [5.74, 6) is -0.345. The zero-order chi connectivity index (χ0) is 24.3. The van der Waals surface area contributed by atoms with E-state index in [0.717, 1.165) is 5.56 Å². The first kappa shape index (κ1) is 23.2. The summed E-state index contributed by atoms with van der Waals surface area (Å²) < 4.78 is 43.6. The maximum Gasteiger partial charge on any atom is 0.261 e. The van der Waals surface area contributed by atoms with Gasteiger partial charge in [-0.15, -0.1) is 0 Å². The summed E-state index contributed by atoms with van der Waals surface area (Å²) in [5, 5.41) is 2.89. The van der Waals surface area contributed by atoms with Gasteiger partial charge in [-0.3, -0.25) is 9.52 Å². The monoisotopic (exact) mass is 478 g/mol. The number of nitrogens with one attached hydrogen (secondary N) is 2. The molecule has 1 unspecified atom stereocenters. The van der Waals surface area contributed by atoms with Crippen molar-refractivity contribution in [2.24, 2.45) is 7.05 Å². The Balaban J connectivity index is 1.61. The molecule has 4 aromatic rings. The van der Waals surface area contributed by atoms with Crippen molar-refractivity contribution in [2.45, 2.75) is 17.9 Å². The maximum absolute atomic E-state index is 13.5. The number of benzene rings is 3. The van der Waals surface area contributed by atoms with Gasteiger partial charge in [0.1, 0.15) is 17.7 Å². The van der Waals surface area contributed by atoms with Gasteiger partial charge < -0.3 is 9.88 Å². The van der Waals surface area contributed by atoms with E-state index in [-0.39, 0.29) is 10.5 Å². The Hall–Kier alpha value is -3.98. The molecule has 0 radical (unpaired) electrons. The van der Waals surface area contributed by atoms with Gasteiger partial charge in [0, 0.05) is 30.7 Å². The Morgan fingerprint density at radius 2 is 1.76 bits per heavy atom. The first-order valence-electron chi connectivity index (χ1n) is 10.5. The summed E-state index contributed by atoms with van der Waals surface area (Å²) in [5.41, 5.74) is 2.14. The van der Waals surface area contributed by atoms with Crippen LogP contribution in [-0.4, -0.2) is 23.9 Å². The highest BCUT2D eigenvalue weighted by Gasteiger charge is 2.23. The molecule has 0 spiro atoms. The number of hydrogen-bond acceptors (Lipinski definition) is 4. The molecule has 34 heavy (non-hydrogen) atoms. The number of carbonyl (C=O) groups is 1. The van der Waals surface area contributed by atoms with E-state index >= 15 is 0 Å². The summed E-state index contributed by atoms with van der Waals surface area (Å²) in [6, 6.07) is 17.8. The van der Waals surface area contributed by atoms with Gasteiger partial charge >= 0.3 is 0 Å². The molecular formula is C25H23FN4O3S. The minimum atomic E-state index is -3.91. The fourth-order valence-corrected chi connectivity index (χ4v) is 4.64. The van der Waals surface area contributed by atoms with Gasteiger partial charge in [-0.25, -0.2) is 17.8 Å². The molecule has 174 valence electrons. The number of aryl methyl sites for hydroxylation is 2. The molecule has 1 atom stereocenters. The van der Waals surface area contributed by atoms with Crippen LogP contribution in [0.1, 0.15) is 33.4 Å². The number of carbonyl (C=O) groups excluding carboxylic acids is 1. The van der Waals surface area contributed by atoms with Crippen LogP contribution in [0.5, 0.6) is 0 Å². The van der Waals surface area contributed by atoms with Gasteiger partial charge in [-0.05, 0) is 60.5 Å². The van der Waals surface area contributed by atoms with Crippen LogP contribution in [0, 0.1) is 12.7 Å². The summed E-state index contributed by atoms with van der Waals surface area (Å²) in [6.07, 6.45) is 3.34. The molecule has 0 saturated carbocycles. The van der Waals surface area contributed by atoms with E-state index in [1.807, 2.05) is 13.0 Å². The SMILES string of the molecule is Cc1cccc(NS(=O)(=O)c2cccc(C(=O)NC(c3ccc(F)cc3)c3nccn3C)c2)c1. The molecule has 3 aromatic carbocycles. The van der Waals surface area contributed by atoms with Crippen molar-refractivity contribution in [2.75, 3.05) is 4.72 Å². The number of halogens is 1. The molecule has 0 bridgehead atoms. The normalized spacial score (nSPS) is 12.2. The number of sulfonamides is 1. The zero-order valence-corrected chi connectivity index (χ0v) is 19.4. The largest absolute Gasteiger partial charge is 0.338 e. The summed E-state index contributed by atoms with van der Waals surface area (Å²) in [7, 11) is -2.12. The molecule has 0 aliphatic heterocycles. The lowest BCUT2D eigenvalue weighted by Crippen LogP contribution is -2.31. The predicted molar refractivity (Wildman–Crippen MR) is 127 cm³/mol. The third-order valence-electron chi connectivity index (χ3n) is 5.27. The Morgan fingerprint density at radius 1 is 1.03 bits per heavy atom. The second kappa shape index (κ2) is 9.48. The van der Waals surface area contributed by atoms with Crippen LogP contribution >= 0.6 is 0 Å². The van der Waals surface area contributed by atoms with Crippen molar-refractivity contribution in [3.8, 4) is 0 Å². The number of aromatic nitrogens is 2. The molecule has 1 heterocycles. The molecule has 7 nitrogen and oxygen atoms in total. The highest BCUT2D eigenvalue weighted by Crippen LogP contribution is 2.23.